The summed E-state index contributed by atoms with van der Waals surface area (Å²) in [5.41, 5.74) is 1.82. The van der Waals surface area contributed by atoms with Crippen LogP contribution in [-0.4, -0.2) is 21.3 Å². The zero-order valence-corrected chi connectivity index (χ0v) is 18.3. The van der Waals surface area contributed by atoms with Crippen molar-refractivity contribution in [1.82, 2.24) is 0 Å². The van der Waals surface area contributed by atoms with E-state index < -0.39 is 9.84 Å². The molecule has 2 aromatic carbocycles. The van der Waals surface area contributed by atoms with E-state index in [0.717, 1.165) is 31.2 Å². The van der Waals surface area contributed by atoms with E-state index in [1.807, 2.05) is 24.3 Å². The number of ether oxygens (including phenoxy) is 1. The summed E-state index contributed by atoms with van der Waals surface area (Å²) in [5, 5.41) is 0. The first-order chi connectivity index (χ1) is 13.4. The lowest BCUT2D eigenvalue weighted by Gasteiger charge is -2.41. The smallest absolute Gasteiger partial charge is 0.179 e. The van der Waals surface area contributed by atoms with Crippen molar-refractivity contribution in [3.63, 3.8) is 0 Å². The van der Waals surface area contributed by atoms with E-state index >= 15 is 0 Å². The van der Waals surface area contributed by atoms with Gasteiger partial charge in [0.05, 0.1) is 17.8 Å². The predicted molar refractivity (Wildman–Crippen MR) is 115 cm³/mol. The molecule has 0 bridgehead atoms. The molecule has 3 atom stereocenters. The highest BCUT2D eigenvalue weighted by Gasteiger charge is 2.47. The van der Waals surface area contributed by atoms with Gasteiger partial charge in [0.1, 0.15) is 5.75 Å². The second kappa shape index (κ2) is 8.28. The molecule has 3 nitrogen and oxygen atoms in total. The van der Waals surface area contributed by atoms with Gasteiger partial charge in [-0.15, -0.1) is 0 Å². The highest BCUT2D eigenvalue weighted by Crippen LogP contribution is 2.52. The summed E-state index contributed by atoms with van der Waals surface area (Å²) >= 11 is 0. The molecule has 152 valence electrons. The minimum Gasteiger partial charge on any atom is -0.497 e. The average Bonchev–Trinajstić information content (AvgIpc) is 2.78. The van der Waals surface area contributed by atoms with E-state index in [2.05, 4.69) is 32.9 Å². The summed E-state index contributed by atoms with van der Waals surface area (Å²) in [6.07, 6.45) is 3.93. The standard InChI is InChI=1S/C24H32O3S/c1-5-7-15-24(6-2)17-28(25,26)22-14-13-20(27-4)16-21(22)23(18(24)3)19-11-9-8-10-12-19/h8-14,16,18,23H,5-7,15,17H2,1-4H3/t18-,23-,24-/m1/s1. The molecule has 0 fully saturated rings. The largest absolute Gasteiger partial charge is 0.497 e. The molecule has 0 N–H and O–H groups in total. The van der Waals surface area contributed by atoms with Gasteiger partial charge in [0.25, 0.3) is 0 Å². The molecule has 0 amide bonds. The van der Waals surface area contributed by atoms with Gasteiger partial charge in [0.2, 0.25) is 0 Å². The molecule has 0 saturated heterocycles. The topological polar surface area (TPSA) is 43.4 Å². The maximum absolute atomic E-state index is 13.5. The SMILES string of the molecule is CCCC[C@]1(CC)CS(=O)(=O)c2ccc(OC)cc2[C@@H](c2ccccc2)[C@H]1C. The molecule has 28 heavy (non-hydrogen) atoms. The van der Waals surface area contributed by atoms with E-state index in [1.54, 1.807) is 19.2 Å². The van der Waals surface area contributed by atoms with Crippen LogP contribution in [0.15, 0.2) is 53.4 Å². The number of rotatable bonds is 6. The predicted octanol–water partition coefficient (Wildman–Crippen LogP) is 5.84. The molecular formula is C24H32O3S. The number of sulfone groups is 1. The Labute approximate surface area is 170 Å². The molecule has 4 heteroatoms. The van der Waals surface area contributed by atoms with Crippen LogP contribution in [0.5, 0.6) is 5.75 Å². The first-order valence-corrected chi connectivity index (χ1v) is 12.0. The van der Waals surface area contributed by atoms with Gasteiger partial charge in [-0.25, -0.2) is 8.42 Å². The lowest BCUT2D eigenvalue weighted by atomic mass is 9.64. The number of methoxy groups -OCH3 is 1. The highest BCUT2D eigenvalue weighted by molar-refractivity contribution is 7.91. The molecule has 0 saturated carbocycles. The van der Waals surface area contributed by atoms with Gasteiger partial charge in [0, 0.05) is 5.92 Å². The van der Waals surface area contributed by atoms with Crippen LogP contribution < -0.4 is 4.74 Å². The molecule has 3 rings (SSSR count). The summed E-state index contributed by atoms with van der Waals surface area (Å²) < 4.78 is 32.5. The number of unbranched alkanes of at least 4 members (excludes halogenated alkanes) is 1. The molecule has 0 aliphatic carbocycles. The van der Waals surface area contributed by atoms with Gasteiger partial charge in [-0.3, -0.25) is 0 Å². The Hall–Kier alpha value is -1.81. The Morgan fingerprint density at radius 2 is 1.82 bits per heavy atom. The van der Waals surface area contributed by atoms with Crippen molar-refractivity contribution in [2.45, 2.75) is 57.3 Å². The third-order valence-corrected chi connectivity index (χ3v) is 8.72. The van der Waals surface area contributed by atoms with Crippen molar-refractivity contribution in [1.29, 1.82) is 0 Å². The fraction of sp³-hybridized carbons (Fsp3) is 0.500. The van der Waals surface area contributed by atoms with Gasteiger partial charge >= 0.3 is 0 Å². The maximum Gasteiger partial charge on any atom is 0.179 e. The Bertz CT molecular complexity index is 905. The Morgan fingerprint density at radius 1 is 1.11 bits per heavy atom. The van der Waals surface area contributed by atoms with Crippen molar-refractivity contribution in [2.24, 2.45) is 11.3 Å². The maximum atomic E-state index is 13.5. The van der Waals surface area contributed by atoms with Crippen LogP contribution in [0.3, 0.4) is 0 Å². The zero-order valence-electron chi connectivity index (χ0n) is 17.4. The summed E-state index contributed by atoms with van der Waals surface area (Å²) in [6, 6.07) is 15.8. The lowest BCUT2D eigenvalue weighted by Crippen LogP contribution is -2.37. The van der Waals surface area contributed by atoms with Gasteiger partial charge in [0.15, 0.2) is 9.84 Å². The van der Waals surface area contributed by atoms with E-state index in [1.165, 1.54) is 5.56 Å². The summed E-state index contributed by atoms with van der Waals surface area (Å²) in [4.78, 5) is 0.473. The lowest BCUT2D eigenvalue weighted by molar-refractivity contribution is 0.160. The Morgan fingerprint density at radius 3 is 2.43 bits per heavy atom. The third kappa shape index (κ3) is 3.71. The van der Waals surface area contributed by atoms with Crippen molar-refractivity contribution in [3.05, 3.63) is 59.7 Å². The van der Waals surface area contributed by atoms with Gasteiger partial charge < -0.3 is 4.74 Å². The molecule has 2 aromatic rings. The fourth-order valence-corrected chi connectivity index (χ4v) is 7.29. The zero-order chi connectivity index (χ0) is 20.4. The van der Waals surface area contributed by atoms with Crippen LogP contribution in [0, 0.1) is 11.3 Å². The average molecular weight is 401 g/mol. The van der Waals surface area contributed by atoms with Crippen LogP contribution in [0.2, 0.25) is 0 Å². The van der Waals surface area contributed by atoms with Gasteiger partial charge in [-0.05, 0) is 53.5 Å². The van der Waals surface area contributed by atoms with Crippen LogP contribution in [0.1, 0.15) is 63.5 Å². The van der Waals surface area contributed by atoms with Crippen molar-refractivity contribution in [3.8, 4) is 5.75 Å². The van der Waals surface area contributed by atoms with Crippen molar-refractivity contribution >= 4 is 9.84 Å². The van der Waals surface area contributed by atoms with Crippen molar-refractivity contribution in [2.75, 3.05) is 12.9 Å². The first kappa shape index (κ1) is 20.9. The summed E-state index contributed by atoms with van der Waals surface area (Å²) in [7, 11) is -1.75. The Kier molecular flexibility index (Phi) is 6.18. The number of hydrogen-bond acceptors (Lipinski definition) is 3. The minimum atomic E-state index is -3.38. The number of benzene rings is 2. The molecule has 0 aromatic heterocycles. The Balaban J connectivity index is 2.29. The van der Waals surface area contributed by atoms with Gasteiger partial charge in [-0.1, -0.05) is 63.9 Å². The fourth-order valence-electron chi connectivity index (χ4n) is 4.95. The minimum absolute atomic E-state index is 0.0281. The molecule has 0 unspecified atom stereocenters. The molecular weight excluding hydrogens is 368 g/mol. The third-order valence-electron chi connectivity index (χ3n) is 6.72. The van der Waals surface area contributed by atoms with Crippen LogP contribution in [0.25, 0.3) is 0 Å². The molecule has 1 aliphatic rings. The normalized spacial score (nSPS) is 26.3. The molecule has 0 radical (unpaired) electrons. The second-order valence-electron chi connectivity index (χ2n) is 8.16. The molecule has 1 heterocycles. The van der Waals surface area contributed by atoms with E-state index in [4.69, 9.17) is 4.74 Å². The van der Waals surface area contributed by atoms with E-state index in [0.29, 0.717) is 10.6 Å². The monoisotopic (exact) mass is 400 g/mol. The van der Waals surface area contributed by atoms with Crippen LogP contribution in [-0.2, 0) is 9.84 Å². The summed E-state index contributed by atoms with van der Waals surface area (Å²) in [5.74, 6) is 1.16. The van der Waals surface area contributed by atoms with Crippen LogP contribution >= 0.6 is 0 Å². The van der Waals surface area contributed by atoms with Crippen molar-refractivity contribution < 1.29 is 13.2 Å². The van der Waals surface area contributed by atoms with E-state index in [9.17, 15) is 8.42 Å². The van der Waals surface area contributed by atoms with Crippen LogP contribution in [0.4, 0.5) is 0 Å². The molecule has 0 spiro atoms. The second-order valence-corrected chi connectivity index (χ2v) is 10.1. The van der Waals surface area contributed by atoms with E-state index in [-0.39, 0.29) is 23.0 Å². The highest BCUT2D eigenvalue weighted by atomic mass is 32.2. The summed E-state index contributed by atoms with van der Waals surface area (Å²) in [6.45, 7) is 6.58. The van der Waals surface area contributed by atoms with Gasteiger partial charge in [-0.2, -0.15) is 0 Å². The number of fused-ring (bicyclic) bond motifs is 1. The first-order valence-electron chi connectivity index (χ1n) is 10.3. The number of hydrogen-bond donors (Lipinski definition) is 0. The quantitative estimate of drug-likeness (QED) is 0.612. The molecule has 1 aliphatic heterocycles.